The minimum atomic E-state index is -3.97. The molecule has 0 radical (unpaired) electrons. The first-order valence-electron chi connectivity index (χ1n) is 12.4. The summed E-state index contributed by atoms with van der Waals surface area (Å²) < 4.78 is 45.7. The second-order valence-electron chi connectivity index (χ2n) is 10.2. The maximum atomic E-state index is 13.8. The normalized spacial score (nSPS) is 16.2. The van der Waals surface area contributed by atoms with Crippen LogP contribution in [0.25, 0.3) is 0 Å². The lowest BCUT2D eigenvalue weighted by Gasteiger charge is -2.36. The summed E-state index contributed by atoms with van der Waals surface area (Å²) in [6.45, 7) is 7.81. The van der Waals surface area contributed by atoms with Crippen LogP contribution in [0.1, 0.15) is 44.9 Å². The van der Waals surface area contributed by atoms with Crippen molar-refractivity contribution in [2.45, 2.75) is 50.2 Å². The van der Waals surface area contributed by atoms with Crippen LogP contribution in [0.2, 0.25) is 0 Å². The van der Waals surface area contributed by atoms with E-state index >= 15 is 0 Å². The van der Waals surface area contributed by atoms with Crippen LogP contribution in [0.3, 0.4) is 0 Å². The Hall–Kier alpha value is -3.72. The molecular weight excluding hydrogens is 504 g/mol. The summed E-state index contributed by atoms with van der Waals surface area (Å²) in [5.74, 6) is 1.10. The average molecular weight is 539 g/mol. The van der Waals surface area contributed by atoms with E-state index in [2.05, 4.69) is 26.1 Å². The van der Waals surface area contributed by atoms with E-state index in [1.165, 1.54) is 4.31 Å². The number of fused-ring (bicyclic) bond motifs is 1. The minimum Gasteiger partial charge on any atom is -0.497 e. The van der Waals surface area contributed by atoms with Crippen LogP contribution in [0, 0.1) is 0 Å². The number of carbonyl (C=O) groups is 1. The van der Waals surface area contributed by atoms with Crippen LogP contribution in [0.5, 0.6) is 17.2 Å². The maximum absolute atomic E-state index is 13.8. The topological polar surface area (TPSA) is 94.2 Å². The largest absolute Gasteiger partial charge is 0.497 e. The van der Waals surface area contributed by atoms with Crippen molar-refractivity contribution in [2.24, 2.45) is 0 Å². The van der Waals surface area contributed by atoms with Gasteiger partial charge < -0.3 is 19.5 Å². The van der Waals surface area contributed by atoms with E-state index in [4.69, 9.17) is 14.2 Å². The second-order valence-corrected chi connectivity index (χ2v) is 12.1. The number of methoxy groups -OCH3 is 2. The smallest absolute Gasteiger partial charge is 0.264 e. The fourth-order valence-electron chi connectivity index (χ4n) is 4.36. The number of anilines is 1. The van der Waals surface area contributed by atoms with Gasteiger partial charge in [0.25, 0.3) is 15.9 Å². The number of carbonyl (C=O) groups excluding carboxylic acids is 1. The number of hydrogen-bond acceptors (Lipinski definition) is 6. The molecule has 38 heavy (non-hydrogen) atoms. The Labute approximate surface area is 224 Å². The molecule has 3 aromatic carbocycles. The third-order valence-corrected chi connectivity index (χ3v) is 8.37. The van der Waals surface area contributed by atoms with E-state index in [-0.39, 0.29) is 16.9 Å². The van der Waals surface area contributed by atoms with Crippen LogP contribution >= 0.6 is 0 Å². The van der Waals surface area contributed by atoms with Crippen molar-refractivity contribution in [1.82, 2.24) is 5.32 Å². The number of benzene rings is 3. The molecule has 1 N–H and O–H groups in total. The van der Waals surface area contributed by atoms with Crippen LogP contribution in [0.15, 0.2) is 71.6 Å². The molecule has 8 nitrogen and oxygen atoms in total. The molecule has 3 aromatic rings. The van der Waals surface area contributed by atoms with E-state index in [9.17, 15) is 13.2 Å². The molecule has 9 heteroatoms. The van der Waals surface area contributed by atoms with Crippen LogP contribution in [-0.2, 0) is 20.2 Å². The SMILES string of the molecule is COc1ccc(OC)c([C@@H](C)NC(=O)[C@@H]2CN(S(=O)(=O)c3ccccc3)c3cc(C(C)(C)C)ccc3O2)c1. The summed E-state index contributed by atoms with van der Waals surface area (Å²) in [6.07, 6.45) is -1.07. The Morgan fingerprint density at radius 2 is 1.74 bits per heavy atom. The molecule has 1 heterocycles. The number of hydrogen-bond donors (Lipinski definition) is 1. The average Bonchev–Trinajstić information content (AvgIpc) is 2.91. The van der Waals surface area contributed by atoms with E-state index in [1.807, 2.05) is 19.1 Å². The van der Waals surface area contributed by atoms with Crippen LogP contribution in [0.4, 0.5) is 5.69 Å². The summed E-state index contributed by atoms with van der Waals surface area (Å²) in [5.41, 5.74) is 1.87. The fourth-order valence-corrected chi connectivity index (χ4v) is 5.85. The van der Waals surface area contributed by atoms with E-state index < -0.39 is 28.1 Å². The van der Waals surface area contributed by atoms with Gasteiger partial charge in [-0.2, -0.15) is 0 Å². The Morgan fingerprint density at radius 3 is 2.37 bits per heavy atom. The standard InChI is InChI=1S/C29H34N2O6S/c1-19(23-17-21(35-5)13-15-25(23)36-6)30-28(32)27-18-31(38(33,34)22-10-8-7-9-11-22)24-16-20(29(2,3)4)12-14-26(24)37-27/h7-17,19,27H,18H2,1-6H3,(H,30,32)/t19-,27+/m1/s1. The van der Waals surface area contributed by atoms with Gasteiger partial charge in [-0.05, 0) is 60.4 Å². The highest BCUT2D eigenvalue weighted by molar-refractivity contribution is 7.92. The molecular formula is C29H34N2O6S. The second kappa shape index (κ2) is 10.6. The highest BCUT2D eigenvalue weighted by Gasteiger charge is 2.38. The van der Waals surface area contributed by atoms with Gasteiger partial charge in [0.15, 0.2) is 6.10 Å². The third-order valence-electron chi connectivity index (χ3n) is 6.58. The number of rotatable bonds is 7. The van der Waals surface area contributed by atoms with Crippen molar-refractivity contribution in [1.29, 1.82) is 0 Å². The van der Waals surface area contributed by atoms with E-state index in [1.54, 1.807) is 68.8 Å². The van der Waals surface area contributed by atoms with Crippen molar-refractivity contribution in [3.05, 3.63) is 77.9 Å². The highest BCUT2D eigenvalue weighted by Crippen LogP contribution is 2.40. The molecule has 0 saturated carbocycles. The van der Waals surface area contributed by atoms with Crippen molar-refractivity contribution >= 4 is 21.6 Å². The maximum Gasteiger partial charge on any atom is 0.264 e. The Bertz CT molecular complexity index is 1420. The fraction of sp³-hybridized carbons (Fsp3) is 0.345. The Balaban J connectivity index is 1.69. The Morgan fingerprint density at radius 1 is 1.03 bits per heavy atom. The lowest BCUT2D eigenvalue weighted by Crippen LogP contribution is -2.51. The molecule has 1 amide bonds. The predicted octanol–water partition coefficient (Wildman–Crippen LogP) is 4.84. The Kier molecular flexibility index (Phi) is 7.60. The molecule has 0 aliphatic carbocycles. The van der Waals surface area contributed by atoms with Gasteiger partial charge >= 0.3 is 0 Å². The minimum absolute atomic E-state index is 0.141. The van der Waals surface area contributed by atoms with Crippen molar-refractivity contribution in [3.8, 4) is 17.2 Å². The highest BCUT2D eigenvalue weighted by atomic mass is 32.2. The summed E-state index contributed by atoms with van der Waals surface area (Å²) in [7, 11) is -0.848. The number of nitrogens with one attached hydrogen (secondary N) is 1. The number of ether oxygens (including phenoxy) is 3. The van der Waals surface area contributed by atoms with Gasteiger partial charge in [-0.25, -0.2) is 8.42 Å². The molecule has 2 atom stereocenters. The number of amides is 1. The monoisotopic (exact) mass is 538 g/mol. The van der Waals surface area contributed by atoms with E-state index in [0.29, 0.717) is 22.9 Å². The summed E-state index contributed by atoms with van der Waals surface area (Å²) in [4.78, 5) is 13.6. The first-order valence-corrected chi connectivity index (χ1v) is 13.8. The lowest BCUT2D eigenvalue weighted by molar-refractivity contribution is -0.128. The molecule has 0 spiro atoms. The van der Waals surface area contributed by atoms with Gasteiger partial charge in [-0.15, -0.1) is 0 Å². The van der Waals surface area contributed by atoms with Gasteiger partial charge in [0.2, 0.25) is 0 Å². The third kappa shape index (κ3) is 5.43. The van der Waals surface area contributed by atoms with Crippen LogP contribution < -0.4 is 23.8 Å². The first-order chi connectivity index (χ1) is 18.0. The summed E-state index contributed by atoms with van der Waals surface area (Å²) in [5, 5.41) is 2.95. The molecule has 0 saturated heterocycles. The van der Waals surface area contributed by atoms with Gasteiger partial charge in [-0.3, -0.25) is 9.10 Å². The molecule has 4 rings (SSSR count). The lowest BCUT2D eigenvalue weighted by atomic mass is 9.86. The van der Waals surface area contributed by atoms with Crippen molar-refractivity contribution < 1.29 is 27.4 Å². The molecule has 0 fully saturated rings. The zero-order valence-corrected chi connectivity index (χ0v) is 23.3. The van der Waals surface area contributed by atoms with Gasteiger partial charge in [-0.1, -0.05) is 45.0 Å². The molecule has 0 aromatic heterocycles. The predicted molar refractivity (Wildman–Crippen MR) is 147 cm³/mol. The van der Waals surface area contributed by atoms with Gasteiger partial charge in [0, 0.05) is 5.56 Å². The van der Waals surface area contributed by atoms with Gasteiger partial charge in [0.1, 0.15) is 17.2 Å². The quantitative estimate of drug-likeness (QED) is 0.463. The number of sulfonamides is 1. The molecule has 1 aliphatic heterocycles. The zero-order chi connectivity index (χ0) is 27.7. The zero-order valence-electron chi connectivity index (χ0n) is 22.5. The van der Waals surface area contributed by atoms with Crippen molar-refractivity contribution in [3.63, 3.8) is 0 Å². The molecule has 1 aliphatic rings. The van der Waals surface area contributed by atoms with E-state index in [0.717, 1.165) is 11.1 Å². The number of nitrogens with zero attached hydrogens (tertiary/aromatic N) is 1. The molecule has 0 unspecified atom stereocenters. The van der Waals surface area contributed by atoms with Gasteiger partial charge in [0.05, 0.1) is 37.4 Å². The van der Waals surface area contributed by atoms with Crippen molar-refractivity contribution in [2.75, 3.05) is 25.1 Å². The summed E-state index contributed by atoms with van der Waals surface area (Å²) in [6, 6.07) is 18.5. The molecule has 0 bridgehead atoms. The van der Waals surface area contributed by atoms with Crippen LogP contribution in [-0.4, -0.2) is 41.2 Å². The summed E-state index contributed by atoms with van der Waals surface area (Å²) >= 11 is 0. The first kappa shape index (κ1) is 27.3. The molecule has 202 valence electrons.